The number of amides is 1. The number of hydrogen-bond donors (Lipinski definition) is 2. The van der Waals surface area contributed by atoms with Gasteiger partial charge in [-0.15, -0.1) is 0 Å². The first kappa shape index (κ1) is 32.3. The van der Waals surface area contributed by atoms with Crippen LogP contribution in [0.15, 0.2) is 57.9 Å². The van der Waals surface area contributed by atoms with Gasteiger partial charge < -0.3 is 34.1 Å². The summed E-state index contributed by atoms with van der Waals surface area (Å²) >= 11 is 0. The Morgan fingerprint density at radius 3 is 2.64 bits per heavy atom. The summed E-state index contributed by atoms with van der Waals surface area (Å²) in [6, 6.07) is 13.2. The fraction of sp³-hybridized carbons (Fsp3) is 0.548. The van der Waals surface area contributed by atoms with Gasteiger partial charge in [-0.2, -0.15) is 4.31 Å². The molecule has 3 aromatic rings. The lowest BCUT2D eigenvalue weighted by Crippen LogP contribution is -2.51. The number of alkyl carbamates (subject to hydrolysis) is 1. The van der Waals surface area contributed by atoms with Gasteiger partial charge in [-0.25, -0.2) is 13.2 Å². The number of ether oxygens (including phenoxy) is 3. The van der Waals surface area contributed by atoms with Crippen LogP contribution in [0.3, 0.4) is 0 Å². The highest BCUT2D eigenvalue weighted by molar-refractivity contribution is 7.89. The summed E-state index contributed by atoms with van der Waals surface area (Å²) in [7, 11) is -0.268. The second-order valence-electron chi connectivity index (χ2n) is 12.2. The summed E-state index contributed by atoms with van der Waals surface area (Å²) < 4.78 is 51.6. The van der Waals surface area contributed by atoms with Crippen LogP contribution in [0.4, 0.5) is 4.79 Å². The first-order chi connectivity index (χ1) is 21.0. The molecule has 1 amide bonds. The van der Waals surface area contributed by atoms with E-state index in [0.29, 0.717) is 29.8 Å². The molecular weight excluding hydrogens is 588 g/mol. The molecular formula is C31H42N4O8S. The van der Waals surface area contributed by atoms with Gasteiger partial charge in [-0.1, -0.05) is 49.3 Å². The number of nitrogens with zero attached hydrogens (tertiary/aromatic N) is 3. The summed E-state index contributed by atoms with van der Waals surface area (Å²) in [4.78, 5) is 15.1. The van der Waals surface area contributed by atoms with E-state index in [2.05, 4.69) is 10.5 Å². The van der Waals surface area contributed by atoms with E-state index in [1.165, 1.54) is 10.4 Å². The van der Waals surface area contributed by atoms with Crippen molar-refractivity contribution < 1.29 is 37.1 Å². The first-order valence-electron chi connectivity index (χ1n) is 15.0. The smallest absolute Gasteiger partial charge is 0.407 e. The van der Waals surface area contributed by atoms with Crippen molar-refractivity contribution >= 4 is 27.1 Å². The zero-order chi connectivity index (χ0) is 31.4. The van der Waals surface area contributed by atoms with Crippen LogP contribution in [0, 0.1) is 11.8 Å². The van der Waals surface area contributed by atoms with Gasteiger partial charge in [0.1, 0.15) is 11.8 Å². The number of carbonyl (C=O) groups excluding carboxylic acids is 1. The van der Waals surface area contributed by atoms with Crippen LogP contribution in [-0.4, -0.2) is 98.9 Å². The highest BCUT2D eigenvalue weighted by Crippen LogP contribution is 2.33. The van der Waals surface area contributed by atoms with Crippen LogP contribution in [0.1, 0.15) is 31.5 Å². The number of sulfonamides is 1. The van der Waals surface area contributed by atoms with Crippen LogP contribution in [0.5, 0.6) is 0 Å². The number of hydrogen-bond acceptors (Lipinski definition) is 10. The van der Waals surface area contributed by atoms with Gasteiger partial charge in [0.25, 0.3) is 0 Å². The summed E-state index contributed by atoms with van der Waals surface area (Å²) in [5, 5.41) is 19.1. The number of aliphatic hydroxyl groups excluding tert-OH is 1. The van der Waals surface area contributed by atoms with Gasteiger partial charge in [0.2, 0.25) is 10.0 Å². The highest BCUT2D eigenvalue weighted by Gasteiger charge is 2.44. The van der Waals surface area contributed by atoms with Gasteiger partial charge in [0.05, 0.1) is 36.2 Å². The Labute approximate surface area is 258 Å². The predicted octanol–water partition coefficient (Wildman–Crippen LogP) is 3.00. The molecule has 13 heteroatoms. The first-order valence-corrected chi connectivity index (χ1v) is 16.4. The van der Waals surface area contributed by atoms with Gasteiger partial charge in [0, 0.05) is 25.0 Å². The highest BCUT2D eigenvalue weighted by atomic mass is 32.2. The van der Waals surface area contributed by atoms with Crippen molar-refractivity contribution in [2.24, 2.45) is 11.8 Å². The van der Waals surface area contributed by atoms with E-state index in [4.69, 9.17) is 18.7 Å². The Morgan fingerprint density at radius 1 is 1.14 bits per heavy atom. The molecule has 0 aliphatic carbocycles. The average molecular weight is 631 g/mol. The number of carbonyl (C=O) groups is 1. The van der Waals surface area contributed by atoms with Crippen molar-refractivity contribution in [1.29, 1.82) is 0 Å². The quantitative estimate of drug-likeness (QED) is 0.289. The lowest BCUT2D eigenvalue weighted by atomic mass is 10.0. The number of rotatable bonds is 13. The second-order valence-corrected chi connectivity index (χ2v) is 14.2. The molecule has 0 radical (unpaired) electrons. The summed E-state index contributed by atoms with van der Waals surface area (Å²) in [6.07, 6.45) is -1.77. The van der Waals surface area contributed by atoms with Crippen LogP contribution in [0.25, 0.3) is 11.0 Å². The van der Waals surface area contributed by atoms with Crippen molar-refractivity contribution in [2.45, 2.75) is 62.7 Å². The van der Waals surface area contributed by atoms with Crippen LogP contribution < -0.4 is 5.32 Å². The monoisotopic (exact) mass is 630 g/mol. The molecule has 5 rings (SSSR count). The molecule has 1 aromatic heterocycles. The molecule has 2 aliphatic rings. The average Bonchev–Trinajstić information content (AvgIpc) is 3.70. The van der Waals surface area contributed by atoms with E-state index < -0.39 is 34.4 Å². The van der Waals surface area contributed by atoms with Crippen molar-refractivity contribution in [3.63, 3.8) is 0 Å². The number of nitrogens with one attached hydrogen (secondary N) is 1. The lowest BCUT2D eigenvalue weighted by Gasteiger charge is -2.31. The third-order valence-electron chi connectivity index (χ3n) is 7.89. The van der Waals surface area contributed by atoms with Gasteiger partial charge in [-0.05, 0) is 56.6 Å². The lowest BCUT2D eigenvalue weighted by molar-refractivity contribution is -0.0907. The molecule has 44 heavy (non-hydrogen) atoms. The van der Waals surface area contributed by atoms with Gasteiger partial charge in [0.15, 0.2) is 11.9 Å². The van der Waals surface area contributed by atoms with Crippen LogP contribution >= 0.6 is 0 Å². The molecule has 1 unspecified atom stereocenters. The summed E-state index contributed by atoms with van der Waals surface area (Å²) in [5.41, 5.74) is 1.99. The standard InChI is InChI=1S/C31H42N4O8S/c1-20(2)16-35(44(38,39)22-10-11-28-24(15-22)26(33-43-28)17-34(3)4)18-27(36)25(14-21-8-6-5-7-9-21)32-31(37)42-29-19-41-30-23(29)12-13-40-30/h5-11,15,20,23,25,27,29-30,36H,12-14,16-19H2,1-4H3,(H,32,37)/t23-,25-,27+,29?,30+/m0/s1. The largest absolute Gasteiger partial charge is 0.443 e. The minimum Gasteiger partial charge on any atom is -0.443 e. The van der Waals surface area contributed by atoms with E-state index >= 15 is 0 Å². The van der Waals surface area contributed by atoms with E-state index in [1.54, 1.807) is 12.1 Å². The van der Waals surface area contributed by atoms with Crippen molar-refractivity contribution in [2.75, 3.05) is 40.4 Å². The Balaban J connectivity index is 1.36. The SMILES string of the molecule is CC(C)CN(C[C@@H](O)[C@H](Cc1ccccc1)NC(=O)OC1CO[C@H]2OCC[C@@H]12)S(=O)(=O)c1ccc2onc(CN(C)C)c2c1. The molecule has 0 saturated carbocycles. The Morgan fingerprint density at radius 2 is 1.91 bits per heavy atom. The molecule has 12 nitrogen and oxygen atoms in total. The normalized spacial score (nSPS) is 21.7. The molecule has 240 valence electrons. The summed E-state index contributed by atoms with van der Waals surface area (Å²) in [5.74, 6) is -0.0685. The predicted molar refractivity (Wildman–Crippen MR) is 162 cm³/mol. The maximum absolute atomic E-state index is 14.1. The minimum atomic E-state index is -4.05. The Bertz CT molecular complexity index is 1510. The fourth-order valence-electron chi connectivity index (χ4n) is 5.73. The molecule has 3 heterocycles. The molecule has 2 aliphatic heterocycles. The third-order valence-corrected chi connectivity index (χ3v) is 9.72. The van der Waals surface area contributed by atoms with E-state index in [9.17, 15) is 18.3 Å². The number of aromatic nitrogens is 1. The van der Waals surface area contributed by atoms with Crippen LogP contribution in [-0.2, 0) is 37.2 Å². The Hall–Kier alpha value is -3.07. The number of fused-ring (bicyclic) bond motifs is 2. The molecule has 5 atom stereocenters. The van der Waals surface area contributed by atoms with E-state index in [0.717, 1.165) is 12.0 Å². The fourth-order valence-corrected chi connectivity index (χ4v) is 7.37. The number of benzene rings is 2. The molecule has 2 aromatic carbocycles. The van der Waals surface area contributed by atoms with Crippen molar-refractivity contribution in [1.82, 2.24) is 19.7 Å². The molecule has 0 spiro atoms. The molecule has 0 bridgehead atoms. The minimum absolute atomic E-state index is 0.0324. The van der Waals surface area contributed by atoms with Crippen molar-refractivity contribution in [3.05, 3.63) is 59.8 Å². The third kappa shape index (κ3) is 7.59. The van der Waals surface area contributed by atoms with Crippen LogP contribution in [0.2, 0.25) is 0 Å². The maximum atomic E-state index is 14.1. The van der Waals surface area contributed by atoms with Gasteiger partial charge in [-0.3, -0.25) is 0 Å². The zero-order valence-electron chi connectivity index (χ0n) is 25.6. The second kappa shape index (κ2) is 13.9. The zero-order valence-corrected chi connectivity index (χ0v) is 26.4. The number of aliphatic hydroxyl groups is 1. The maximum Gasteiger partial charge on any atom is 0.407 e. The van der Waals surface area contributed by atoms with E-state index in [-0.39, 0.29) is 49.1 Å². The van der Waals surface area contributed by atoms with E-state index in [1.807, 2.05) is 63.2 Å². The molecule has 2 fully saturated rings. The van der Waals surface area contributed by atoms with Crippen molar-refractivity contribution in [3.8, 4) is 0 Å². The Kier molecular flexibility index (Phi) is 10.2. The van der Waals surface area contributed by atoms with Gasteiger partial charge >= 0.3 is 6.09 Å². The molecule has 2 N–H and O–H groups in total. The topological polar surface area (TPSA) is 144 Å². The molecule has 2 saturated heterocycles. The summed E-state index contributed by atoms with van der Waals surface area (Å²) in [6.45, 7) is 5.01.